The number of para-hydroxylation sites is 3. The molecule has 314 valence electrons. The minimum atomic E-state index is 1.03. The zero-order valence-corrected chi connectivity index (χ0v) is 37.4. The topological polar surface area (TPSA) is 30.5 Å². The molecule has 0 saturated carbocycles. The highest BCUT2D eigenvalue weighted by Crippen LogP contribution is 2.44. The maximum absolute atomic E-state index is 3.70. The molecular formula is C60H42N4S2. The van der Waals surface area contributed by atoms with Crippen molar-refractivity contribution in [1.29, 1.82) is 0 Å². The molecule has 2 aromatic heterocycles. The van der Waals surface area contributed by atoms with Crippen LogP contribution in [0.25, 0.3) is 51.5 Å². The third-order valence-electron chi connectivity index (χ3n) is 12.1. The summed E-state index contributed by atoms with van der Waals surface area (Å²) in [5.74, 6) is 0. The van der Waals surface area contributed by atoms with Crippen LogP contribution in [-0.2, 0) is 0 Å². The molecule has 0 aliphatic carbocycles. The van der Waals surface area contributed by atoms with Crippen LogP contribution in [0.5, 0.6) is 0 Å². The normalized spacial score (nSPS) is 11.3. The predicted molar refractivity (Wildman–Crippen MR) is 286 cm³/mol. The molecule has 6 heteroatoms. The molecule has 66 heavy (non-hydrogen) atoms. The van der Waals surface area contributed by atoms with Gasteiger partial charge >= 0.3 is 0 Å². The lowest BCUT2D eigenvalue weighted by Crippen LogP contribution is -2.10. The van der Waals surface area contributed by atoms with E-state index >= 15 is 0 Å². The van der Waals surface area contributed by atoms with Crippen LogP contribution in [0.3, 0.4) is 0 Å². The summed E-state index contributed by atoms with van der Waals surface area (Å²) in [5.41, 5.74) is 13.2. The van der Waals surface area contributed by atoms with Crippen molar-refractivity contribution in [3.05, 3.63) is 243 Å². The molecule has 0 bridgehead atoms. The molecule has 0 amide bonds. The molecule has 2 N–H and O–H groups in total. The zero-order chi connectivity index (χ0) is 43.8. The molecule has 2 heterocycles. The van der Waals surface area contributed by atoms with E-state index in [0.717, 1.165) is 56.9 Å². The molecule has 12 rings (SSSR count). The van der Waals surface area contributed by atoms with Crippen LogP contribution < -0.4 is 20.4 Å². The van der Waals surface area contributed by atoms with E-state index in [1.807, 2.05) is 28.7 Å². The van der Waals surface area contributed by atoms with Gasteiger partial charge in [-0.05, 0) is 145 Å². The monoisotopic (exact) mass is 882 g/mol. The van der Waals surface area contributed by atoms with E-state index in [1.165, 1.54) is 51.5 Å². The highest BCUT2D eigenvalue weighted by molar-refractivity contribution is 7.26. The van der Waals surface area contributed by atoms with Gasteiger partial charge in [-0.15, -0.1) is 22.7 Å². The van der Waals surface area contributed by atoms with Crippen LogP contribution >= 0.6 is 22.7 Å². The van der Waals surface area contributed by atoms with Crippen molar-refractivity contribution in [2.75, 3.05) is 20.4 Å². The molecule has 0 fully saturated rings. The van der Waals surface area contributed by atoms with Crippen molar-refractivity contribution < 1.29 is 0 Å². The second kappa shape index (κ2) is 17.1. The summed E-state index contributed by atoms with van der Waals surface area (Å²) in [6, 6.07) is 86.9. The number of hydrogen-bond donors (Lipinski definition) is 2. The Hall–Kier alpha value is -8.16. The van der Waals surface area contributed by atoms with Gasteiger partial charge in [0.2, 0.25) is 0 Å². The Labute approximate surface area is 391 Å². The number of rotatable bonds is 11. The Morgan fingerprint density at radius 1 is 0.242 bits per heavy atom. The van der Waals surface area contributed by atoms with Crippen molar-refractivity contribution in [3.63, 3.8) is 0 Å². The Kier molecular flexibility index (Phi) is 10.2. The van der Waals surface area contributed by atoms with E-state index in [9.17, 15) is 0 Å². The summed E-state index contributed by atoms with van der Waals surface area (Å²) < 4.78 is 5.13. The average Bonchev–Trinajstić information content (AvgIpc) is 3.93. The molecule has 0 aliphatic heterocycles. The van der Waals surface area contributed by atoms with E-state index in [1.54, 1.807) is 0 Å². The first-order valence-corrected chi connectivity index (χ1v) is 23.8. The average molecular weight is 883 g/mol. The van der Waals surface area contributed by atoms with Crippen molar-refractivity contribution in [3.8, 4) is 11.1 Å². The van der Waals surface area contributed by atoms with Crippen LogP contribution in [0.15, 0.2) is 243 Å². The Bertz CT molecular complexity index is 3660. The molecule has 0 saturated heterocycles. The summed E-state index contributed by atoms with van der Waals surface area (Å²) in [5, 5.41) is 12.4. The third-order valence-corrected chi connectivity index (χ3v) is 14.4. The fourth-order valence-electron chi connectivity index (χ4n) is 9.03. The zero-order valence-electron chi connectivity index (χ0n) is 35.8. The predicted octanol–water partition coefficient (Wildman–Crippen LogP) is 18.5. The summed E-state index contributed by atoms with van der Waals surface area (Å²) in [4.78, 5) is 4.67. The molecule has 0 radical (unpaired) electrons. The Morgan fingerprint density at radius 2 is 0.697 bits per heavy atom. The Morgan fingerprint density at radius 3 is 1.45 bits per heavy atom. The van der Waals surface area contributed by atoms with Crippen molar-refractivity contribution in [2.45, 2.75) is 0 Å². The van der Waals surface area contributed by atoms with E-state index in [2.05, 4.69) is 257 Å². The van der Waals surface area contributed by atoms with Gasteiger partial charge in [-0.3, -0.25) is 0 Å². The van der Waals surface area contributed by atoms with Crippen molar-refractivity contribution >= 4 is 120 Å². The van der Waals surface area contributed by atoms with Gasteiger partial charge in [-0.25, -0.2) is 0 Å². The molecule has 0 unspecified atom stereocenters. The molecular weight excluding hydrogens is 841 g/mol. The Balaban J connectivity index is 0.818. The first-order chi connectivity index (χ1) is 32.7. The van der Waals surface area contributed by atoms with Gasteiger partial charge in [0, 0.05) is 97.2 Å². The second-order valence-electron chi connectivity index (χ2n) is 16.4. The van der Waals surface area contributed by atoms with Gasteiger partial charge in [0.15, 0.2) is 0 Å². The van der Waals surface area contributed by atoms with Crippen LogP contribution in [0.4, 0.5) is 56.9 Å². The minimum Gasteiger partial charge on any atom is -0.356 e. The first kappa shape index (κ1) is 39.4. The molecule has 0 aliphatic rings. The molecule has 10 aromatic carbocycles. The van der Waals surface area contributed by atoms with Gasteiger partial charge in [-0.2, -0.15) is 0 Å². The third kappa shape index (κ3) is 7.68. The molecule has 0 spiro atoms. The number of nitrogens with one attached hydrogen (secondary N) is 2. The number of nitrogens with zero attached hydrogens (tertiary/aromatic N) is 2. The molecule has 0 atom stereocenters. The number of benzene rings is 10. The second-order valence-corrected chi connectivity index (χ2v) is 18.6. The van der Waals surface area contributed by atoms with Crippen molar-refractivity contribution in [1.82, 2.24) is 0 Å². The maximum atomic E-state index is 3.70. The fourth-order valence-corrected chi connectivity index (χ4v) is 11.3. The minimum absolute atomic E-state index is 1.03. The first-order valence-electron chi connectivity index (χ1n) is 22.1. The van der Waals surface area contributed by atoms with Gasteiger partial charge in [0.25, 0.3) is 0 Å². The largest absolute Gasteiger partial charge is 0.356 e. The number of fused-ring (bicyclic) bond motifs is 6. The van der Waals surface area contributed by atoms with E-state index in [-0.39, 0.29) is 0 Å². The lowest BCUT2D eigenvalue weighted by atomic mass is 10.0. The summed E-state index contributed by atoms with van der Waals surface area (Å²) in [7, 11) is 0. The van der Waals surface area contributed by atoms with Gasteiger partial charge in [0.1, 0.15) is 0 Å². The van der Waals surface area contributed by atoms with Gasteiger partial charge in [-0.1, -0.05) is 109 Å². The van der Waals surface area contributed by atoms with Crippen molar-refractivity contribution in [2.24, 2.45) is 0 Å². The number of thiophene rings is 2. The highest BCUT2D eigenvalue weighted by Gasteiger charge is 2.17. The van der Waals surface area contributed by atoms with Gasteiger partial charge < -0.3 is 20.4 Å². The highest BCUT2D eigenvalue weighted by atomic mass is 32.1. The smallest absolute Gasteiger partial charge is 0.0482 e. The quantitative estimate of drug-likeness (QED) is 0.135. The van der Waals surface area contributed by atoms with Crippen LogP contribution in [0.2, 0.25) is 0 Å². The van der Waals surface area contributed by atoms with E-state index in [4.69, 9.17) is 0 Å². The maximum Gasteiger partial charge on any atom is 0.0482 e. The van der Waals surface area contributed by atoms with E-state index < -0.39 is 0 Å². The summed E-state index contributed by atoms with van der Waals surface area (Å²) >= 11 is 3.70. The fraction of sp³-hybridized carbons (Fsp3) is 0. The van der Waals surface area contributed by atoms with Crippen LogP contribution in [-0.4, -0.2) is 0 Å². The SMILES string of the molecule is c1ccc(Nc2cccc(N(c3ccccc3)c3ccc4c(c3)sc3cc(-c5cccc(Nc6ccc(N(c7ccccc7)c7ccc8sc9ccccc9c8c7)cc6)c5)ccc34)c2)cc1. The van der Waals surface area contributed by atoms with Crippen LogP contribution in [0.1, 0.15) is 0 Å². The lowest BCUT2D eigenvalue weighted by molar-refractivity contribution is 1.29. The van der Waals surface area contributed by atoms with E-state index in [0.29, 0.717) is 0 Å². The number of anilines is 10. The number of hydrogen-bond acceptors (Lipinski definition) is 6. The standard InChI is InChI=1S/C60H42N4S2/c1-4-15-43(16-5-1)61-46-18-13-23-50(38-46)64(48-21-8-3-9-22-48)52-31-34-55-54-33-26-42(37-59(54)66-60(55)40-52)41-14-12-17-45(36-41)62-44-27-29-49(30-28-44)63(47-19-6-2-7-20-47)51-32-35-58-56(39-51)53-24-10-11-25-57(53)65-58/h1-40,61-62H. The summed E-state index contributed by atoms with van der Waals surface area (Å²) in [6.07, 6.45) is 0. The summed E-state index contributed by atoms with van der Waals surface area (Å²) in [6.45, 7) is 0. The van der Waals surface area contributed by atoms with Gasteiger partial charge in [0.05, 0.1) is 0 Å². The molecule has 12 aromatic rings. The lowest BCUT2D eigenvalue weighted by Gasteiger charge is -2.26. The van der Waals surface area contributed by atoms with Crippen LogP contribution in [0, 0.1) is 0 Å². The molecule has 4 nitrogen and oxygen atoms in total.